The van der Waals surface area contributed by atoms with Gasteiger partial charge in [-0.1, -0.05) is 6.92 Å². The topological polar surface area (TPSA) is 108 Å². The van der Waals surface area contributed by atoms with Gasteiger partial charge in [-0.3, -0.25) is 14.4 Å². The van der Waals surface area contributed by atoms with Gasteiger partial charge >= 0.3 is 17.5 Å². The van der Waals surface area contributed by atoms with E-state index in [1.165, 1.54) is 23.0 Å². The molecule has 2 aromatic rings. The number of hydrogen-bond acceptors (Lipinski definition) is 6. The first kappa shape index (κ1) is 17.2. The number of anilines is 1. The van der Waals surface area contributed by atoms with Crippen molar-refractivity contribution in [3.63, 3.8) is 0 Å². The lowest BCUT2D eigenvalue weighted by molar-refractivity contribution is -0.578. The molecule has 0 atom stereocenters. The van der Waals surface area contributed by atoms with Crippen LogP contribution in [-0.2, 0) is 20.8 Å². The molecule has 0 aliphatic carbocycles. The van der Waals surface area contributed by atoms with Crippen molar-refractivity contribution in [3.8, 4) is 0 Å². The van der Waals surface area contributed by atoms with Crippen LogP contribution in [-0.4, -0.2) is 37.8 Å². The minimum atomic E-state index is -1.03. The summed E-state index contributed by atoms with van der Waals surface area (Å²) >= 11 is 0. The van der Waals surface area contributed by atoms with Crippen LogP contribution in [0.3, 0.4) is 0 Å². The Morgan fingerprint density at radius 1 is 1.19 bits per heavy atom. The first-order chi connectivity index (χ1) is 12.5. The van der Waals surface area contributed by atoms with Crippen molar-refractivity contribution >= 4 is 29.4 Å². The van der Waals surface area contributed by atoms with Crippen molar-refractivity contribution < 1.29 is 24.1 Å². The minimum Gasteiger partial charge on any atom is -0.498 e. The van der Waals surface area contributed by atoms with E-state index >= 15 is 0 Å². The number of carbonyl (C=O) groups is 3. The molecule has 132 valence electrons. The summed E-state index contributed by atoms with van der Waals surface area (Å²) in [4.78, 5) is 45.1. The van der Waals surface area contributed by atoms with E-state index in [0.29, 0.717) is 5.01 Å². The second-order valence-corrected chi connectivity index (χ2v) is 5.47. The number of imide groups is 1. The van der Waals surface area contributed by atoms with E-state index < -0.39 is 23.5 Å². The average Bonchev–Trinajstić information content (AvgIpc) is 2.86. The highest BCUT2D eigenvalue weighted by atomic mass is 16.3. The number of amides is 3. The van der Waals surface area contributed by atoms with E-state index in [1.807, 2.05) is 6.92 Å². The zero-order valence-corrected chi connectivity index (χ0v) is 14.2. The zero-order valence-electron chi connectivity index (χ0n) is 14.2. The van der Waals surface area contributed by atoms with E-state index in [0.717, 1.165) is 23.9 Å². The second-order valence-electron chi connectivity index (χ2n) is 5.47. The SMILES string of the molecule is CCc1cc[n+](C2=C(O)C(=O)N(N(C(C)=O)c3ncccn3)C2=O)cc1. The molecule has 0 fully saturated rings. The number of nitrogens with zero attached hydrogens (tertiary/aromatic N) is 5. The molecule has 26 heavy (non-hydrogen) atoms. The van der Waals surface area contributed by atoms with Crippen LogP contribution in [0.2, 0.25) is 0 Å². The van der Waals surface area contributed by atoms with Crippen LogP contribution in [0.5, 0.6) is 0 Å². The molecule has 3 heterocycles. The summed E-state index contributed by atoms with van der Waals surface area (Å²) in [6.07, 6.45) is 6.67. The van der Waals surface area contributed by atoms with E-state index in [4.69, 9.17) is 0 Å². The van der Waals surface area contributed by atoms with Gasteiger partial charge in [0.05, 0.1) is 0 Å². The van der Waals surface area contributed by atoms with Crippen molar-refractivity contribution in [3.05, 3.63) is 54.3 Å². The molecule has 0 spiro atoms. The second kappa shape index (κ2) is 6.71. The molecule has 1 aliphatic heterocycles. The normalized spacial score (nSPS) is 14.2. The molecule has 3 amide bonds. The summed E-state index contributed by atoms with van der Waals surface area (Å²) in [7, 11) is 0. The predicted molar refractivity (Wildman–Crippen MR) is 88.9 cm³/mol. The molecule has 1 N–H and O–H groups in total. The Hall–Kier alpha value is -3.62. The van der Waals surface area contributed by atoms with Crippen molar-refractivity contribution in [1.82, 2.24) is 15.0 Å². The number of pyridine rings is 1. The van der Waals surface area contributed by atoms with E-state index in [2.05, 4.69) is 9.97 Å². The van der Waals surface area contributed by atoms with E-state index in [1.54, 1.807) is 24.5 Å². The van der Waals surface area contributed by atoms with Crippen LogP contribution < -0.4 is 9.58 Å². The lowest BCUT2D eigenvalue weighted by atomic mass is 10.2. The smallest absolute Gasteiger partial charge is 0.350 e. The molecule has 0 aromatic carbocycles. The molecule has 3 rings (SSSR count). The Kier molecular flexibility index (Phi) is 4.44. The maximum Gasteiger partial charge on any atom is 0.350 e. The Labute approximate surface area is 148 Å². The predicted octanol–water partition coefficient (Wildman–Crippen LogP) is 0.390. The number of hydrazine groups is 1. The average molecular weight is 354 g/mol. The summed E-state index contributed by atoms with van der Waals surface area (Å²) < 4.78 is 1.33. The number of aromatic nitrogens is 3. The summed E-state index contributed by atoms with van der Waals surface area (Å²) in [6.45, 7) is 3.14. The summed E-state index contributed by atoms with van der Waals surface area (Å²) in [5, 5.41) is 11.5. The number of rotatable bonds is 4. The third-order valence-electron chi connectivity index (χ3n) is 3.82. The van der Waals surface area contributed by atoms with Gasteiger partial charge in [-0.15, -0.1) is 0 Å². The van der Waals surface area contributed by atoms with Crippen LogP contribution in [0.25, 0.3) is 5.70 Å². The van der Waals surface area contributed by atoms with Crippen molar-refractivity contribution in [2.24, 2.45) is 0 Å². The van der Waals surface area contributed by atoms with Gasteiger partial charge in [0.1, 0.15) is 0 Å². The van der Waals surface area contributed by atoms with Crippen molar-refractivity contribution in [2.75, 3.05) is 5.01 Å². The number of aryl methyl sites for hydroxylation is 1. The fourth-order valence-corrected chi connectivity index (χ4v) is 2.52. The third-order valence-corrected chi connectivity index (χ3v) is 3.82. The summed E-state index contributed by atoms with van der Waals surface area (Å²) in [6, 6.07) is 5.06. The van der Waals surface area contributed by atoms with Crippen LogP contribution in [0.4, 0.5) is 5.95 Å². The van der Waals surface area contributed by atoms with Crippen molar-refractivity contribution in [1.29, 1.82) is 0 Å². The van der Waals surface area contributed by atoms with Gasteiger partial charge in [-0.05, 0) is 18.1 Å². The fraction of sp³-hybridized carbons (Fsp3) is 0.176. The third kappa shape index (κ3) is 2.79. The Bertz CT molecular complexity index is 909. The first-order valence-electron chi connectivity index (χ1n) is 7.86. The molecule has 0 unspecified atom stereocenters. The maximum absolute atomic E-state index is 12.8. The van der Waals surface area contributed by atoms with Crippen LogP contribution in [0.1, 0.15) is 19.4 Å². The standard InChI is InChI=1S/C17H15N5O4/c1-3-12-5-9-20(10-6-12)13-14(24)16(26)22(15(13)25)21(11(2)23)17-18-7-4-8-19-17/h4-10H,3H2,1-2H3/p+1. The molecule has 0 bridgehead atoms. The molecule has 9 nitrogen and oxygen atoms in total. The molecule has 1 aliphatic rings. The van der Waals surface area contributed by atoms with Gasteiger partial charge in [0.15, 0.2) is 12.4 Å². The van der Waals surface area contributed by atoms with Crippen LogP contribution in [0, 0.1) is 0 Å². The van der Waals surface area contributed by atoms with Gasteiger partial charge in [0, 0.05) is 31.5 Å². The van der Waals surface area contributed by atoms with Gasteiger partial charge in [0.25, 0.3) is 11.7 Å². The van der Waals surface area contributed by atoms with Crippen molar-refractivity contribution in [2.45, 2.75) is 20.3 Å². The Balaban J connectivity index is 2.03. The molecular formula is C17H16N5O4+. The number of carbonyl (C=O) groups excluding carboxylic acids is 3. The first-order valence-corrected chi connectivity index (χ1v) is 7.86. The monoisotopic (exact) mass is 354 g/mol. The number of aliphatic hydroxyl groups is 1. The Morgan fingerprint density at radius 3 is 2.35 bits per heavy atom. The van der Waals surface area contributed by atoms with E-state index in [-0.39, 0.29) is 11.6 Å². The van der Waals surface area contributed by atoms with Gasteiger partial charge in [-0.2, -0.15) is 14.6 Å². The number of hydrogen-bond donors (Lipinski definition) is 1. The van der Waals surface area contributed by atoms with Gasteiger partial charge in [-0.25, -0.2) is 9.97 Å². The molecule has 9 heteroatoms. The summed E-state index contributed by atoms with van der Waals surface area (Å²) in [5.41, 5.74) is 0.776. The quantitative estimate of drug-likeness (QED) is 0.629. The van der Waals surface area contributed by atoms with Crippen LogP contribution in [0.15, 0.2) is 48.7 Å². The highest BCUT2D eigenvalue weighted by molar-refractivity contribution is 6.30. The number of aliphatic hydroxyl groups excluding tert-OH is 1. The van der Waals surface area contributed by atoms with Gasteiger partial charge in [0.2, 0.25) is 5.91 Å². The van der Waals surface area contributed by atoms with E-state index in [9.17, 15) is 19.5 Å². The Morgan fingerprint density at radius 2 is 1.81 bits per heavy atom. The van der Waals surface area contributed by atoms with Gasteiger partial charge < -0.3 is 5.11 Å². The molecule has 0 radical (unpaired) electrons. The molecular weight excluding hydrogens is 338 g/mol. The highest BCUT2D eigenvalue weighted by Gasteiger charge is 2.50. The lowest BCUT2D eigenvalue weighted by Crippen LogP contribution is -2.52. The molecule has 0 saturated heterocycles. The zero-order chi connectivity index (χ0) is 18.8. The minimum absolute atomic E-state index is 0.151. The maximum atomic E-state index is 12.8. The fourth-order valence-electron chi connectivity index (χ4n) is 2.52. The molecule has 0 saturated carbocycles. The molecule has 2 aromatic heterocycles. The largest absolute Gasteiger partial charge is 0.498 e. The lowest BCUT2D eigenvalue weighted by Gasteiger charge is -2.25. The van der Waals surface area contributed by atoms with Crippen LogP contribution >= 0.6 is 0 Å². The summed E-state index contributed by atoms with van der Waals surface area (Å²) in [5.74, 6) is -3.45. The highest BCUT2D eigenvalue weighted by Crippen LogP contribution is 2.23.